The SMILES string of the molecule is Cc1cccc(C)c1-c1cc2c3c(c1)-n1c4ccccc4c4cccc(c41)B3n1c3c-2cccc3c2sc3ccccc3c21. The largest absolute Gasteiger partial charge is 0.374 e. The molecule has 11 rings (SSSR count). The van der Waals surface area contributed by atoms with Gasteiger partial charge in [-0.1, -0.05) is 91.0 Å². The fourth-order valence-electron chi connectivity index (χ4n) is 8.71. The molecule has 0 aliphatic carbocycles. The first-order chi connectivity index (χ1) is 21.7. The molecule has 0 fully saturated rings. The number of para-hydroxylation sites is 3. The number of aryl methyl sites for hydroxylation is 2. The number of rotatable bonds is 1. The zero-order chi connectivity index (χ0) is 28.8. The van der Waals surface area contributed by atoms with Crippen LogP contribution in [0.2, 0.25) is 0 Å². The predicted molar refractivity (Wildman–Crippen MR) is 190 cm³/mol. The average molecular weight is 577 g/mol. The van der Waals surface area contributed by atoms with E-state index in [2.05, 4.69) is 138 Å². The maximum absolute atomic E-state index is 2.71. The number of benzene rings is 6. The molecule has 0 N–H and O–H groups in total. The van der Waals surface area contributed by atoms with Gasteiger partial charge in [-0.3, -0.25) is 0 Å². The van der Waals surface area contributed by atoms with E-state index in [1.54, 1.807) is 0 Å². The third-order valence-electron chi connectivity index (χ3n) is 10.3. The zero-order valence-electron chi connectivity index (χ0n) is 24.3. The average Bonchev–Trinajstić information content (AvgIpc) is 3.70. The molecule has 9 aromatic rings. The molecule has 0 atom stereocenters. The lowest BCUT2D eigenvalue weighted by molar-refractivity contribution is 1.17. The van der Waals surface area contributed by atoms with Crippen molar-refractivity contribution in [2.75, 3.05) is 0 Å². The van der Waals surface area contributed by atoms with Gasteiger partial charge in [0.15, 0.2) is 0 Å². The Morgan fingerprint density at radius 1 is 0.591 bits per heavy atom. The Bertz CT molecular complexity index is 2740. The van der Waals surface area contributed by atoms with Gasteiger partial charge in [-0.15, -0.1) is 11.3 Å². The Balaban J connectivity index is 1.41. The lowest BCUT2D eigenvalue weighted by Gasteiger charge is -2.34. The molecule has 0 radical (unpaired) electrons. The summed E-state index contributed by atoms with van der Waals surface area (Å²) >= 11 is 1.94. The van der Waals surface area contributed by atoms with Crippen molar-refractivity contribution in [2.45, 2.75) is 13.8 Å². The molecule has 2 aliphatic heterocycles. The third kappa shape index (κ3) is 2.62. The molecule has 5 heterocycles. The van der Waals surface area contributed by atoms with Crippen molar-refractivity contribution in [3.8, 4) is 27.9 Å². The second-order valence-electron chi connectivity index (χ2n) is 12.6. The van der Waals surface area contributed by atoms with Crippen LogP contribution in [0.1, 0.15) is 11.1 Å². The first-order valence-electron chi connectivity index (χ1n) is 15.4. The normalized spacial score (nSPS) is 13.2. The number of hydrogen-bond acceptors (Lipinski definition) is 1. The van der Waals surface area contributed by atoms with Crippen LogP contribution in [0.15, 0.2) is 115 Å². The molecular weight excluding hydrogens is 551 g/mol. The molecule has 6 aromatic carbocycles. The summed E-state index contributed by atoms with van der Waals surface area (Å²) in [6.45, 7) is 4.58. The lowest BCUT2D eigenvalue weighted by atomic mass is 9.45. The number of nitrogens with zero attached hydrogens (tertiary/aromatic N) is 2. The number of thiophene rings is 1. The summed E-state index contributed by atoms with van der Waals surface area (Å²) in [5.41, 5.74) is 17.4. The summed E-state index contributed by atoms with van der Waals surface area (Å²) in [6.07, 6.45) is 0. The second kappa shape index (κ2) is 7.90. The molecule has 0 saturated heterocycles. The van der Waals surface area contributed by atoms with Crippen molar-refractivity contribution in [3.63, 3.8) is 0 Å². The van der Waals surface area contributed by atoms with Gasteiger partial charge in [0.2, 0.25) is 0 Å². The van der Waals surface area contributed by atoms with E-state index in [-0.39, 0.29) is 6.85 Å². The Morgan fingerprint density at radius 2 is 1.32 bits per heavy atom. The van der Waals surface area contributed by atoms with Crippen molar-refractivity contribution in [3.05, 3.63) is 126 Å². The van der Waals surface area contributed by atoms with Crippen molar-refractivity contribution in [1.29, 1.82) is 0 Å². The quantitative estimate of drug-likeness (QED) is 0.172. The fourth-order valence-corrected chi connectivity index (χ4v) is 9.93. The highest BCUT2D eigenvalue weighted by molar-refractivity contribution is 7.27. The van der Waals surface area contributed by atoms with E-state index in [0.717, 1.165) is 0 Å². The van der Waals surface area contributed by atoms with E-state index < -0.39 is 0 Å². The van der Waals surface area contributed by atoms with Gasteiger partial charge in [-0.05, 0) is 76.9 Å². The van der Waals surface area contributed by atoms with Gasteiger partial charge in [0.25, 0.3) is 0 Å². The van der Waals surface area contributed by atoms with Crippen LogP contribution in [-0.4, -0.2) is 15.9 Å². The second-order valence-corrected chi connectivity index (χ2v) is 13.6. The van der Waals surface area contributed by atoms with E-state index in [1.165, 1.54) is 103 Å². The Hall–Kier alpha value is -5.06. The smallest absolute Gasteiger partial charge is 0.333 e. The van der Waals surface area contributed by atoms with E-state index in [9.17, 15) is 0 Å². The Kier molecular flexibility index (Phi) is 4.21. The van der Waals surface area contributed by atoms with Crippen molar-refractivity contribution in [2.24, 2.45) is 0 Å². The molecule has 2 aliphatic rings. The summed E-state index contributed by atoms with van der Waals surface area (Å²) in [4.78, 5) is 0. The highest BCUT2D eigenvalue weighted by Crippen LogP contribution is 2.48. The highest BCUT2D eigenvalue weighted by atomic mass is 32.1. The predicted octanol–water partition coefficient (Wildman–Crippen LogP) is 9.34. The molecule has 0 unspecified atom stereocenters. The van der Waals surface area contributed by atoms with Gasteiger partial charge >= 0.3 is 6.85 Å². The topological polar surface area (TPSA) is 9.86 Å². The van der Waals surface area contributed by atoms with Gasteiger partial charge in [0, 0.05) is 43.0 Å². The fraction of sp³-hybridized carbons (Fsp3) is 0.0500. The standard InChI is InChI=1S/C40H25BN2S/c1-22-10-7-11-23(2)35(22)24-20-30-27-14-8-16-29-37(27)43(39-28-13-4-6-19-34(28)44-40(29)39)41-31-17-9-15-26-25-12-3-5-18-32(25)42(38(26)31)33(21-24)36(30)41/h3-21H,1-2H3. The van der Waals surface area contributed by atoms with Crippen molar-refractivity contribution < 1.29 is 0 Å². The molecule has 0 amide bonds. The molecule has 0 saturated carbocycles. The summed E-state index contributed by atoms with van der Waals surface area (Å²) in [5, 5.41) is 5.36. The van der Waals surface area contributed by atoms with Gasteiger partial charge in [0.05, 0.1) is 21.3 Å². The van der Waals surface area contributed by atoms with Crippen molar-refractivity contribution >= 4 is 82.1 Å². The first-order valence-corrected chi connectivity index (χ1v) is 16.2. The van der Waals surface area contributed by atoms with Gasteiger partial charge in [-0.2, -0.15) is 0 Å². The van der Waals surface area contributed by atoms with Crippen LogP contribution in [0.3, 0.4) is 0 Å². The maximum atomic E-state index is 2.71. The molecule has 3 aromatic heterocycles. The molecule has 44 heavy (non-hydrogen) atoms. The summed E-state index contributed by atoms with van der Waals surface area (Å²) in [7, 11) is 0. The van der Waals surface area contributed by atoms with Crippen LogP contribution >= 0.6 is 11.3 Å². The van der Waals surface area contributed by atoms with Crippen molar-refractivity contribution in [1.82, 2.24) is 9.05 Å². The third-order valence-corrected chi connectivity index (χ3v) is 11.5. The first kappa shape index (κ1) is 23.4. The molecule has 2 nitrogen and oxygen atoms in total. The lowest BCUT2D eigenvalue weighted by Crippen LogP contribution is -2.55. The van der Waals surface area contributed by atoms with Crippen LogP contribution < -0.4 is 10.9 Å². The molecule has 0 bridgehead atoms. The van der Waals surface area contributed by atoms with Gasteiger partial charge < -0.3 is 9.05 Å². The zero-order valence-corrected chi connectivity index (χ0v) is 25.2. The van der Waals surface area contributed by atoms with Gasteiger partial charge in [0.1, 0.15) is 0 Å². The van der Waals surface area contributed by atoms with E-state index in [1.807, 2.05) is 11.3 Å². The van der Waals surface area contributed by atoms with Crippen LogP contribution in [0, 0.1) is 13.8 Å². The molecule has 204 valence electrons. The molecule has 0 spiro atoms. The number of fused-ring (bicyclic) bond motifs is 12. The Morgan fingerprint density at radius 3 is 2.20 bits per heavy atom. The Labute approximate surface area is 258 Å². The van der Waals surface area contributed by atoms with Crippen LogP contribution in [0.4, 0.5) is 0 Å². The minimum atomic E-state index is 0.0837. The van der Waals surface area contributed by atoms with E-state index >= 15 is 0 Å². The molecular formula is C40H25BN2S. The van der Waals surface area contributed by atoms with Crippen LogP contribution in [0.5, 0.6) is 0 Å². The number of aromatic nitrogens is 2. The maximum Gasteiger partial charge on any atom is 0.333 e. The van der Waals surface area contributed by atoms with E-state index in [0.29, 0.717) is 0 Å². The van der Waals surface area contributed by atoms with Gasteiger partial charge in [-0.25, -0.2) is 0 Å². The van der Waals surface area contributed by atoms with E-state index in [4.69, 9.17) is 0 Å². The summed E-state index contributed by atoms with van der Waals surface area (Å²) in [6, 6.07) is 43.5. The number of hydrogen-bond donors (Lipinski definition) is 0. The molecule has 4 heteroatoms. The van der Waals surface area contributed by atoms with Crippen LogP contribution in [-0.2, 0) is 0 Å². The highest BCUT2D eigenvalue weighted by Gasteiger charge is 2.42. The summed E-state index contributed by atoms with van der Waals surface area (Å²) in [5.74, 6) is 0. The minimum absolute atomic E-state index is 0.0837. The van der Waals surface area contributed by atoms with Crippen LogP contribution in [0.25, 0.3) is 81.0 Å². The summed E-state index contributed by atoms with van der Waals surface area (Å²) < 4.78 is 8.03. The minimum Gasteiger partial charge on any atom is -0.374 e. The monoisotopic (exact) mass is 576 g/mol.